The van der Waals surface area contributed by atoms with Crippen LogP contribution in [0.2, 0.25) is 0 Å². The predicted octanol–water partition coefficient (Wildman–Crippen LogP) is 2.34. The van der Waals surface area contributed by atoms with Gasteiger partial charge in [-0.05, 0) is 30.2 Å². The minimum Gasteiger partial charge on any atom is -0.423 e. The van der Waals surface area contributed by atoms with Crippen LogP contribution < -0.4 is 15.0 Å². The highest BCUT2D eigenvalue weighted by molar-refractivity contribution is 8.14. The summed E-state index contributed by atoms with van der Waals surface area (Å²) < 4.78 is 5.24. The van der Waals surface area contributed by atoms with Gasteiger partial charge in [-0.3, -0.25) is 4.79 Å². The van der Waals surface area contributed by atoms with Crippen LogP contribution in [0.25, 0.3) is 0 Å². The Morgan fingerprint density at radius 2 is 2.04 bits per heavy atom. The minimum absolute atomic E-state index is 0.0276. The Kier molecular flexibility index (Phi) is 5.12. The fourth-order valence-electron chi connectivity index (χ4n) is 2.96. The van der Waals surface area contributed by atoms with E-state index < -0.39 is 0 Å². The van der Waals surface area contributed by atoms with Gasteiger partial charge in [0.05, 0.1) is 17.9 Å². The van der Waals surface area contributed by atoms with Gasteiger partial charge in [0, 0.05) is 5.75 Å². The molecule has 2 heterocycles. The highest BCUT2D eigenvalue weighted by atomic mass is 32.2. The van der Waals surface area contributed by atoms with Crippen molar-refractivity contribution in [1.29, 1.82) is 0 Å². The summed E-state index contributed by atoms with van der Waals surface area (Å²) in [5.41, 5.74) is 3.64. The van der Waals surface area contributed by atoms with Crippen molar-refractivity contribution in [3.63, 3.8) is 0 Å². The summed E-state index contributed by atoms with van der Waals surface area (Å²) in [4.78, 5) is 26.0. The molecule has 2 aromatic rings. The molecular weight excluding hydrogens is 376 g/mol. The number of nitrogens with one attached hydrogen (secondary N) is 1. The van der Waals surface area contributed by atoms with Crippen LogP contribution in [0.15, 0.2) is 58.7 Å². The standard InChI is InChI=1S/C20H18N4O3S/c1-13-7-8-17-16(9-13)24(11-19(26)27-17)10-18(25)21-20-23-22-15(12-28-20)14-5-3-2-4-6-14/h2-9H,10-12H2,1H3,(H,21,23,25). The lowest BCUT2D eigenvalue weighted by atomic mass is 10.1. The summed E-state index contributed by atoms with van der Waals surface area (Å²) in [6.07, 6.45) is 0. The van der Waals surface area contributed by atoms with E-state index >= 15 is 0 Å². The van der Waals surface area contributed by atoms with Crippen molar-refractivity contribution in [3.8, 4) is 5.75 Å². The lowest BCUT2D eigenvalue weighted by molar-refractivity contribution is -0.133. The lowest BCUT2D eigenvalue weighted by Gasteiger charge is -2.29. The molecule has 7 nitrogen and oxygen atoms in total. The number of carbonyl (C=O) groups excluding carboxylic acids is 2. The van der Waals surface area contributed by atoms with Crippen molar-refractivity contribution in [2.24, 2.45) is 10.2 Å². The number of benzene rings is 2. The zero-order valence-corrected chi connectivity index (χ0v) is 16.0. The van der Waals surface area contributed by atoms with E-state index in [-0.39, 0.29) is 25.0 Å². The summed E-state index contributed by atoms with van der Waals surface area (Å²) in [5, 5.41) is 11.6. The van der Waals surface area contributed by atoms with E-state index in [0.717, 1.165) is 22.5 Å². The molecule has 0 saturated heterocycles. The van der Waals surface area contributed by atoms with Gasteiger partial charge in [0.15, 0.2) is 10.9 Å². The zero-order valence-electron chi connectivity index (χ0n) is 15.2. The molecule has 28 heavy (non-hydrogen) atoms. The Hall–Kier alpha value is -3.13. The number of amidine groups is 1. The van der Waals surface area contributed by atoms with Gasteiger partial charge in [-0.1, -0.05) is 48.2 Å². The third-order valence-electron chi connectivity index (χ3n) is 4.29. The number of esters is 1. The first-order valence-electron chi connectivity index (χ1n) is 8.77. The largest absolute Gasteiger partial charge is 0.423 e. The molecule has 0 aromatic heterocycles. The van der Waals surface area contributed by atoms with Crippen LogP contribution in [0.5, 0.6) is 5.75 Å². The van der Waals surface area contributed by atoms with E-state index in [4.69, 9.17) is 4.74 Å². The number of anilines is 1. The number of aryl methyl sites for hydroxylation is 1. The Morgan fingerprint density at radius 1 is 1.21 bits per heavy atom. The predicted molar refractivity (Wildman–Crippen MR) is 110 cm³/mol. The number of amides is 1. The van der Waals surface area contributed by atoms with Crippen LogP contribution in [0, 0.1) is 6.92 Å². The molecule has 1 N–H and O–H groups in total. The summed E-state index contributed by atoms with van der Waals surface area (Å²) in [5.74, 6) is 0.454. The van der Waals surface area contributed by atoms with E-state index in [2.05, 4.69) is 15.5 Å². The van der Waals surface area contributed by atoms with Gasteiger partial charge in [-0.2, -0.15) is 5.10 Å². The van der Waals surface area contributed by atoms with E-state index in [1.165, 1.54) is 11.8 Å². The van der Waals surface area contributed by atoms with Crippen molar-refractivity contribution in [1.82, 2.24) is 5.32 Å². The first-order chi connectivity index (χ1) is 13.6. The number of ether oxygens (including phenoxy) is 1. The monoisotopic (exact) mass is 394 g/mol. The molecule has 1 amide bonds. The molecule has 0 bridgehead atoms. The molecule has 2 aliphatic heterocycles. The first kappa shape index (κ1) is 18.2. The number of carbonyl (C=O) groups is 2. The number of rotatable bonds is 3. The van der Waals surface area contributed by atoms with E-state index in [0.29, 0.717) is 16.7 Å². The molecule has 142 valence electrons. The zero-order chi connectivity index (χ0) is 19.5. The summed E-state index contributed by atoms with van der Waals surface area (Å²) in [6, 6.07) is 15.3. The number of thioether (sulfide) groups is 1. The SMILES string of the molecule is Cc1ccc2c(c1)N(CC(=O)NC1=NN=C(c3ccccc3)CS1)CC(=O)O2. The summed E-state index contributed by atoms with van der Waals surface area (Å²) >= 11 is 1.42. The van der Waals surface area contributed by atoms with Gasteiger partial charge in [0.25, 0.3) is 0 Å². The van der Waals surface area contributed by atoms with Crippen LogP contribution in [-0.2, 0) is 9.59 Å². The third kappa shape index (κ3) is 4.07. The van der Waals surface area contributed by atoms with Crippen molar-refractivity contribution >= 4 is 40.2 Å². The van der Waals surface area contributed by atoms with Gasteiger partial charge in [-0.15, -0.1) is 5.10 Å². The number of hydrogen-bond acceptors (Lipinski definition) is 7. The van der Waals surface area contributed by atoms with Crippen LogP contribution >= 0.6 is 11.8 Å². The van der Waals surface area contributed by atoms with Gasteiger partial charge in [0.2, 0.25) is 5.91 Å². The van der Waals surface area contributed by atoms with Crippen molar-refractivity contribution in [2.75, 3.05) is 23.7 Å². The van der Waals surface area contributed by atoms with E-state index in [1.54, 1.807) is 11.0 Å². The van der Waals surface area contributed by atoms with Gasteiger partial charge in [-0.25, -0.2) is 4.79 Å². The molecule has 0 fully saturated rings. The third-order valence-corrected chi connectivity index (χ3v) is 5.17. The maximum absolute atomic E-state index is 12.5. The van der Waals surface area contributed by atoms with E-state index in [1.807, 2.05) is 49.4 Å². The topological polar surface area (TPSA) is 83.4 Å². The van der Waals surface area contributed by atoms with Crippen LogP contribution in [-0.4, -0.2) is 41.6 Å². The maximum Gasteiger partial charge on any atom is 0.331 e. The molecule has 0 radical (unpaired) electrons. The highest BCUT2D eigenvalue weighted by Gasteiger charge is 2.26. The van der Waals surface area contributed by atoms with Gasteiger partial charge in [0.1, 0.15) is 6.54 Å². The summed E-state index contributed by atoms with van der Waals surface area (Å²) in [7, 11) is 0. The smallest absolute Gasteiger partial charge is 0.331 e. The fraction of sp³-hybridized carbons (Fsp3) is 0.200. The second kappa shape index (κ2) is 7.85. The number of nitrogens with zero attached hydrogens (tertiary/aromatic N) is 3. The molecule has 2 aliphatic rings. The van der Waals surface area contributed by atoms with Crippen LogP contribution in [0.1, 0.15) is 11.1 Å². The highest BCUT2D eigenvalue weighted by Crippen LogP contribution is 2.32. The second-order valence-electron chi connectivity index (χ2n) is 6.46. The van der Waals surface area contributed by atoms with Crippen LogP contribution in [0.4, 0.5) is 5.69 Å². The van der Waals surface area contributed by atoms with Crippen molar-refractivity contribution < 1.29 is 14.3 Å². The fourth-order valence-corrected chi connectivity index (χ4v) is 3.75. The Bertz CT molecular complexity index is 988. The summed E-state index contributed by atoms with van der Waals surface area (Å²) in [6.45, 7) is 2.00. The number of fused-ring (bicyclic) bond motifs is 1. The van der Waals surface area contributed by atoms with E-state index in [9.17, 15) is 9.59 Å². The average molecular weight is 394 g/mol. The van der Waals surface area contributed by atoms with Gasteiger partial charge < -0.3 is 15.0 Å². The molecule has 0 saturated carbocycles. The molecule has 0 aliphatic carbocycles. The number of hydrogen-bond donors (Lipinski definition) is 1. The molecule has 4 rings (SSSR count). The van der Waals surface area contributed by atoms with Crippen molar-refractivity contribution in [3.05, 3.63) is 59.7 Å². The molecular formula is C20H18N4O3S. The second-order valence-corrected chi connectivity index (χ2v) is 7.42. The average Bonchev–Trinajstić information content (AvgIpc) is 2.70. The molecule has 8 heteroatoms. The molecule has 0 atom stereocenters. The molecule has 0 unspecified atom stereocenters. The lowest BCUT2D eigenvalue weighted by Crippen LogP contribution is -2.44. The van der Waals surface area contributed by atoms with Crippen LogP contribution in [0.3, 0.4) is 0 Å². The van der Waals surface area contributed by atoms with Gasteiger partial charge >= 0.3 is 5.97 Å². The quantitative estimate of drug-likeness (QED) is 0.638. The maximum atomic E-state index is 12.5. The molecule has 0 spiro atoms. The molecule has 2 aromatic carbocycles. The first-order valence-corrected chi connectivity index (χ1v) is 9.76. The Morgan fingerprint density at radius 3 is 2.79 bits per heavy atom. The Labute approximate surface area is 166 Å². The minimum atomic E-state index is -0.384. The van der Waals surface area contributed by atoms with Crippen molar-refractivity contribution in [2.45, 2.75) is 6.92 Å². The normalized spacial score (nSPS) is 15.9. The Balaban J connectivity index is 1.43.